The van der Waals surface area contributed by atoms with Gasteiger partial charge in [-0.05, 0) is 36.5 Å². The second-order valence-corrected chi connectivity index (χ2v) is 8.88. The van der Waals surface area contributed by atoms with Gasteiger partial charge in [0.05, 0.1) is 11.3 Å². The molecule has 1 aromatic carbocycles. The molecule has 0 amide bonds. The van der Waals surface area contributed by atoms with E-state index in [1.54, 1.807) is 11.2 Å². The van der Waals surface area contributed by atoms with Crippen molar-refractivity contribution in [3.8, 4) is 0 Å². The summed E-state index contributed by atoms with van der Waals surface area (Å²) in [7, 11) is -3.13. The quantitative estimate of drug-likeness (QED) is 0.826. The third kappa shape index (κ3) is 3.60. The Kier molecular flexibility index (Phi) is 4.65. The average molecular weight is 362 g/mol. The molecule has 2 heterocycles. The van der Waals surface area contributed by atoms with Crippen LogP contribution in [0, 0.1) is 11.8 Å². The highest BCUT2D eigenvalue weighted by Gasteiger charge is 2.43. The van der Waals surface area contributed by atoms with Gasteiger partial charge in [-0.1, -0.05) is 12.1 Å². The topological polar surface area (TPSA) is 40.6 Å². The first kappa shape index (κ1) is 17.7. The highest BCUT2D eigenvalue weighted by atomic mass is 32.2. The highest BCUT2D eigenvalue weighted by molar-refractivity contribution is 7.89. The minimum Gasteiger partial charge on any atom is -0.298 e. The number of hydrogen-bond donors (Lipinski definition) is 0. The number of nitrogens with zero attached hydrogens (tertiary/aromatic N) is 2. The number of benzene rings is 1. The SMILES string of the molecule is CCS(=O)(=O)N1C[C@H]2CN(Cc3ccc(C(F)(F)F)cc3)C[C@@H]2C1. The third-order valence-corrected chi connectivity index (χ3v) is 6.79. The van der Waals surface area contributed by atoms with Crippen LogP contribution in [0.25, 0.3) is 0 Å². The second-order valence-electron chi connectivity index (χ2n) is 6.63. The van der Waals surface area contributed by atoms with E-state index in [9.17, 15) is 21.6 Å². The lowest BCUT2D eigenvalue weighted by molar-refractivity contribution is -0.137. The summed E-state index contributed by atoms with van der Waals surface area (Å²) in [5, 5.41) is 0. The summed E-state index contributed by atoms with van der Waals surface area (Å²) in [4.78, 5) is 2.20. The van der Waals surface area contributed by atoms with Gasteiger partial charge in [0.25, 0.3) is 0 Å². The van der Waals surface area contributed by atoms with Gasteiger partial charge in [-0.15, -0.1) is 0 Å². The number of halogens is 3. The molecule has 2 saturated heterocycles. The fourth-order valence-corrected chi connectivity index (χ4v) is 4.85. The van der Waals surface area contributed by atoms with Crippen molar-refractivity contribution in [2.75, 3.05) is 31.9 Å². The second kappa shape index (κ2) is 6.31. The predicted molar refractivity (Wildman–Crippen MR) is 84.7 cm³/mol. The first-order valence-corrected chi connectivity index (χ1v) is 9.66. The molecular formula is C16H21F3N2O2S. The van der Waals surface area contributed by atoms with Crippen molar-refractivity contribution in [2.45, 2.75) is 19.6 Å². The standard InChI is InChI=1S/C16H21F3N2O2S/c1-2-24(22,23)21-10-13-8-20(9-14(13)11-21)7-12-3-5-15(6-4-12)16(17,18)19/h3-6,13-14H,2,7-11H2,1H3/t13-,14-/m1/s1. The Bertz CT molecular complexity index is 674. The minimum atomic E-state index is -4.31. The molecule has 8 heteroatoms. The van der Waals surface area contributed by atoms with E-state index in [0.29, 0.717) is 31.5 Å². The van der Waals surface area contributed by atoms with E-state index in [-0.39, 0.29) is 5.75 Å². The maximum atomic E-state index is 12.6. The molecular weight excluding hydrogens is 341 g/mol. The Balaban J connectivity index is 1.57. The molecule has 0 saturated carbocycles. The van der Waals surface area contributed by atoms with Gasteiger partial charge in [-0.25, -0.2) is 12.7 Å². The Morgan fingerprint density at radius 1 is 1.04 bits per heavy atom. The van der Waals surface area contributed by atoms with Crippen LogP contribution in [-0.2, 0) is 22.7 Å². The summed E-state index contributed by atoms with van der Waals surface area (Å²) < 4.78 is 63.2. The maximum Gasteiger partial charge on any atom is 0.416 e. The number of alkyl halides is 3. The summed E-state index contributed by atoms with van der Waals surface area (Å²) >= 11 is 0. The molecule has 24 heavy (non-hydrogen) atoms. The van der Waals surface area contributed by atoms with Crippen LogP contribution in [0.3, 0.4) is 0 Å². The van der Waals surface area contributed by atoms with Crippen molar-refractivity contribution in [1.82, 2.24) is 9.21 Å². The lowest BCUT2D eigenvalue weighted by Crippen LogP contribution is -2.34. The van der Waals surface area contributed by atoms with E-state index in [0.717, 1.165) is 30.8 Å². The van der Waals surface area contributed by atoms with Crippen molar-refractivity contribution < 1.29 is 21.6 Å². The number of likely N-dealkylation sites (tertiary alicyclic amines) is 1. The van der Waals surface area contributed by atoms with Crippen molar-refractivity contribution in [3.05, 3.63) is 35.4 Å². The molecule has 4 nitrogen and oxygen atoms in total. The predicted octanol–water partition coefficient (Wildman–Crippen LogP) is 2.42. The third-order valence-electron chi connectivity index (χ3n) is 4.97. The van der Waals surface area contributed by atoms with Gasteiger partial charge in [-0.3, -0.25) is 4.90 Å². The minimum absolute atomic E-state index is 0.127. The fourth-order valence-electron chi connectivity index (χ4n) is 3.64. The van der Waals surface area contributed by atoms with Gasteiger partial charge in [0, 0.05) is 32.7 Å². The number of sulfonamides is 1. The largest absolute Gasteiger partial charge is 0.416 e. The molecule has 1 aromatic rings. The van der Waals surface area contributed by atoms with Crippen LogP contribution in [0.1, 0.15) is 18.1 Å². The molecule has 2 aliphatic heterocycles. The summed E-state index contributed by atoms with van der Waals surface area (Å²) in [6.07, 6.45) is -4.31. The summed E-state index contributed by atoms with van der Waals surface area (Å²) in [6, 6.07) is 5.26. The summed E-state index contributed by atoms with van der Waals surface area (Å²) in [5.41, 5.74) is 0.214. The van der Waals surface area contributed by atoms with Gasteiger partial charge < -0.3 is 0 Å². The van der Waals surface area contributed by atoms with Crippen LogP contribution >= 0.6 is 0 Å². The van der Waals surface area contributed by atoms with Gasteiger partial charge in [0.1, 0.15) is 0 Å². The first-order valence-electron chi connectivity index (χ1n) is 8.05. The molecule has 0 unspecified atom stereocenters. The van der Waals surface area contributed by atoms with E-state index >= 15 is 0 Å². The zero-order chi connectivity index (χ0) is 17.5. The Morgan fingerprint density at radius 2 is 1.58 bits per heavy atom. The van der Waals surface area contributed by atoms with Gasteiger partial charge >= 0.3 is 6.18 Å². The number of fused-ring (bicyclic) bond motifs is 1. The van der Waals surface area contributed by atoms with E-state index < -0.39 is 21.8 Å². The average Bonchev–Trinajstić information content (AvgIpc) is 3.05. The summed E-state index contributed by atoms with van der Waals surface area (Å²) in [5.74, 6) is 0.767. The number of rotatable bonds is 4. The molecule has 2 fully saturated rings. The molecule has 2 atom stereocenters. The normalized spacial score (nSPS) is 26.0. The Morgan fingerprint density at radius 3 is 2.04 bits per heavy atom. The Hall–Kier alpha value is -1.12. The zero-order valence-electron chi connectivity index (χ0n) is 13.5. The number of hydrogen-bond acceptors (Lipinski definition) is 3. The van der Waals surface area contributed by atoms with Crippen molar-refractivity contribution in [1.29, 1.82) is 0 Å². The van der Waals surface area contributed by atoms with E-state index in [2.05, 4.69) is 4.90 Å². The highest BCUT2D eigenvalue weighted by Crippen LogP contribution is 2.34. The van der Waals surface area contributed by atoms with E-state index in [1.165, 1.54) is 12.1 Å². The van der Waals surface area contributed by atoms with Crippen LogP contribution in [0.5, 0.6) is 0 Å². The van der Waals surface area contributed by atoms with Crippen molar-refractivity contribution >= 4 is 10.0 Å². The molecule has 3 rings (SSSR count). The van der Waals surface area contributed by atoms with Crippen LogP contribution in [0.4, 0.5) is 13.2 Å². The molecule has 0 aromatic heterocycles. The van der Waals surface area contributed by atoms with Gasteiger partial charge in [0.15, 0.2) is 0 Å². The molecule has 0 radical (unpaired) electrons. The van der Waals surface area contributed by atoms with Gasteiger partial charge in [0.2, 0.25) is 10.0 Å². The molecule has 0 bridgehead atoms. The van der Waals surface area contributed by atoms with E-state index in [4.69, 9.17) is 0 Å². The lowest BCUT2D eigenvalue weighted by atomic mass is 10.0. The summed E-state index contributed by atoms with van der Waals surface area (Å²) in [6.45, 7) is 4.96. The molecule has 2 aliphatic rings. The van der Waals surface area contributed by atoms with Crippen LogP contribution in [0.2, 0.25) is 0 Å². The van der Waals surface area contributed by atoms with E-state index in [1.807, 2.05) is 0 Å². The lowest BCUT2D eigenvalue weighted by Gasteiger charge is -2.21. The smallest absolute Gasteiger partial charge is 0.298 e. The molecule has 134 valence electrons. The van der Waals surface area contributed by atoms with Crippen LogP contribution < -0.4 is 0 Å². The molecule has 0 aliphatic carbocycles. The first-order chi connectivity index (χ1) is 11.2. The Labute approximate surface area is 140 Å². The van der Waals surface area contributed by atoms with Gasteiger partial charge in [-0.2, -0.15) is 13.2 Å². The van der Waals surface area contributed by atoms with Crippen LogP contribution in [0.15, 0.2) is 24.3 Å². The zero-order valence-corrected chi connectivity index (χ0v) is 14.3. The van der Waals surface area contributed by atoms with Crippen molar-refractivity contribution in [3.63, 3.8) is 0 Å². The van der Waals surface area contributed by atoms with Crippen LogP contribution in [-0.4, -0.2) is 49.6 Å². The maximum absolute atomic E-state index is 12.6. The monoisotopic (exact) mass is 362 g/mol. The molecule has 0 spiro atoms. The van der Waals surface area contributed by atoms with Crippen molar-refractivity contribution in [2.24, 2.45) is 11.8 Å². The molecule has 0 N–H and O–H groups in total. The fraction of sp³-hybridized carbons (Fsp3) is 0.625.